The highest BCUT2D eigenvalue weighted by Gasteiger charge is 2.36. The topological polar surface area (TPSA) is 130 Å². The summed E-state index contributed by atoms with van der Waals surface area (Å²) in [6.07, 6.45) is 5.44. The quantitative estimate of drug-likeness (QED) is 0.536. The third kappa shape index (κ3) is 7.34. The van der Waals surface area contributed by atoms with Crippen LogP contribution in [0.15, 0.2) is 48.8 Å². The van der Waals surface area contributed by atoms with Crippen LogP contribution in [0.25, 0.3) is 0 Å². The van der Waals surface area contributed by atoms with Crippen LogP contribution in [0.5, 0.6) is 5.75 Å². The fraction of sp³-hybridized carbons (Fsp3) is 0.483. The molecule has 3 N–H and O–H groups in total. The van der Waals surface area contributed by atoms with Gasteiger partial charge in [0.1, 0.15) is 24.4 Å². The van der Waals surface area contributed by atoms with Crippen molar-refractivity contribution in [2.24, 2.45) is 5.92 Å². The number of nitrogens with zero attached hydrogens (tertiary/aromatic N) is 2. The Kier molecular flexibility index (Phi) is 9.51. The summed E-state index contributed by atoms with van der Waals surface area (Å²) in [5, 5.41) is 8.76. The van der Waals surface area contributed by atoms with E-state index in [1.165, 1.54) is 0 Å². The Morgan fingerprint density at radius 3 is 2.64 bits per heavy atom. The number of hydrogen-bond donors (Lipinski definition) is 3. The van der Waals surface area contributed by atoms with Crippen molar-refractivity contribution in [1.82, 2.24) is 25.8 Å². The minimum absolute atomic E-state index is 0.0260. The average Bonchev–Trinajstić information content (AvgIpc) is 3.43. The number of ether oxygens (including phenoxy) is 1. The van der Waals surface area contributed by atoms with Crippen molar-refractivity contribution in [3.05, 3.63) is 59.9 Å². The number of aromatic nitrogens is 1. The van der Waals surface area contributed by atoms with E-state index in [1.807, 2.05) is 26.0 Å². The number of para-hydroxylation sites is 1. The Bertz CT molecular complexity index is 1170. The van der Waals surface area contributed by atoms with Gasteiger partial charge in [0.25, 0.3) is 5.91 Å². The largest absolute Gasteiger partial charge is 0.491 e. The zero-order valence-corrected chi connectivity index (χ0v) is 22.5. The van der Waals surface area contributed by atoms with Gasteiger partial charge in [-0.25, -0.2) is 0 Å². The third-order valence-corrected chi connectivity index (χ3v) is 7.29. The summed E-state index contributed by atoms with van der Waals surface area (Å²) in [5.74, 6) is -0.818. The van der Waals surface area contributed by atoms with Crippen molar-refractivity contribution in [2.45, 2.75) is 64.1 Å². The van der Waals surface area contributed by atoms with Crippen LogP contribution in [0.3, 0.4) is 0 Å². The molecule has 0 radical (unpaired) electrons. The summed E-state index contributed by atoms with van der Waals surface area (Å²) in [5.41, 5.74) is 1.30. The second-order valence-corrected chi connectivity index (χ2v) is 10.4. The molecule has 4 rings (SSSR count). The molecule has 2 aliphatic heterocycles. The standard InChI is InChI=1S/C29H37N5O5/c1-19(2)23-18-39-25-8-4-3-6-21(25)27(36)32-22(28(37)31-16-13-20-11-14-30-15-12-20)9-10-26(35)34-17-5-7-24(34)29(38)33-23/h3-4,6,8,11-12,14-15,19,22-24H,5,7,9-10,13,16-18H2,1-2H3,(H,31,37)(H,32,36)(H,33,38)/t22-,23-,24-/m0/s1. The Balaban J connectivity index is 1.55. The molecule has 0 spiro atoms. The van der Waals surface area contributed by atoms with Crippen molar-refractivity contribution in [3.8, 4) is 5.75 Å². The normalized spacial score (nSPS) is 22.5. The average molecular weight is 536 g/mol. The number of carbonyl (C=O) groups is 4. The van der Waals surface area contributed by atoms with Gasteiger partial charge >= 0.3 is 0 Å². The van der Waals surface area contributed by atoms with Gasteiger partial charge in [-0.3, -0.25) is 24.2 Å². The second kappa shape index (κ2) is 13.2. The molecule has 0 bridgehead atoms. The molecule has 3 atom stereocenters. The maximum Gasteiger partial charge on any atom is 0.255 e. The van der Waals surface area contributed by atoms with Crippen LogP contribution < -0.4 is 20.7 Å². The summed E-state index contributed by atoms with van der Waals surface area (Å²) in [6, 6.07) is 8.76. The number of fused-ring (bicyclic) bond motifs is 2. The zero-order valence-electron chi connectivity index (χ0n) is 22.5. The van der Waals surface area contributed by atoms with Crippen molar-refractivity contribution in [3.63, 3.8) is 0 Å². The molecule has 3 heterocycles. The summed E-state index contributed by atoms with van der Waals surface area (Å²) < 4.78 is 6.04. The van der Waals surface area contributed by atoms with Crippen molar-refractivity contribution in [1.29, 1.82) is 0 Å². The van der Waals surface area contributed by atoms with Gasteiger partial charge < -0.3 is 25.6 Å². The molecule has 4 amide bonds. The summed E-state index contributed by atoms with van der Waals surface area (Å²) >= 11 is 0. The van der Waals surface area contributed by atoms with E-state index < -0.39 is 18.0 Å². The van der Waals surface area contributed by atoms with Crippen molar-refractivity contribution < 1.29 is 23.9 Å². The predicted molar refractivity (Wildman–Crippen MR) is 145 cm³/mol. The van der Waals surface area contributed by atoms with Crippen LogP contribution in [0.2, 0.25) is 0 Å². The molecular formula is C29H37N5O5. The number of nitrogens with one attached hydrogen (secondary N) is 3. The lowest BCUT2D eigenvalue weighted by atomic mass is 10.0. The zero-order chi connectivity index (χ0) is 27.8. The van der Waals surface area contributed by atoms with E-state index >= 15 is 0 Å². The first-order chi connectivity index (χ1) is 18.8. The Labute approximate surface area is 228 Å². The van der Waals surface area contributed by atoms with Crippen molar-refractivity contribution in [2.75, 3.05) is 19.7 Å². The van der Waals surface area contributed by atoms with Gasteiger partial charge in [-0.15, -0.1) is 0 Å². The lowest BCUT2D eigenvalue weighted by Gasteiger charge is -2.28. The molecule has 2 aliphatic rings. The van der Waals surface area contributed by atoms with Gasteiger partial charge in [0.15, 0.2) is 0 Å². The Hall–Kier alpha value is -3.95. The Morgan fingerprint density at radius 1 is 1.10 bits per heavy atom. The number of rotatable bonds is 5. The smallest absolute Gasteiger partial charge is 0.255 e. The Morgan fingerprint density at radius 2 is 1.87 bits per heavy atom. The van der Waals surface area contributed by atoms with Crippen LogP contribution in [0.1, 0.15) is 55.5 Å². The van der Waals surface area contributed by atoms with Gasteiger partial charge in [-0.2, -0.15) is 0 Å². The number of benzene rings is 1. The summed E-state index contributed by atoms with van der Waals surface area (Å²) in [7, 11) is 0. The van der Waals surface area contributed by atoms with Gasteiger partial charge in [0, 0.05) is 31.9 Å². The molecule has 1 aromatic carbocycles. The fourth-order valence-corrected chi connectivity index (χ4v) is 4.90. The van der Waals surface area contributed by atoms with E-state index in [4.69, 9.17) is 4.74 Å². The van der Waals surface area contributed by atoms with E-state index in [0.29, 0.717) is 31.7 Å². The van der Waals surface area contributed by atoms with E-state index in [-0.39, 0.29) is 54.7 Å². The molecule has 1 saturated heterocycles. The fourth-order valence-electron chi connectivity index (χ4n) is 4.90. The first kappa shape index (κ1) is 28.1. The predicted octanol–water partition coefficient (Wildman–Crippen LogP) is 1.84. The van der Waals surface area contributed by atoms with E-state index in [0.717, 1.165) is 12.0 Å². The SMILES string of the molecule is CC(C)[C@@H]1COc2ccccc2C(=O)N[C@H](C(=O)NCCc2ccncc2)CCC(=O)N2CCC[C@H]2C(=O)N1. The monoisotopic (exact) mass is 535 g/mol. The number of pyridine rings is 1. The molecule has 0 saturated carbocycles. The molecule has 1 aromatic heterocycles. The minimum atomic E-state index is -0.935. The van der Waals surface area contributed by atoms with Gasteiger partial charge in [-0.05, 0) is 61.4 Å². The summed E-state index contributed by atoms with van der Waals surface area (Å²) in [6.45, 7) is 4.98. The molecule has 1 fully saturated rings. The molecular weight excluding hydrogens is 498 g/mol. The van der Waals surface area contributed by atoms with Crippen molar-refractivity contribution >= 4 is 23.6 Å². The first-order valence-corrected chi connectivity index (χ1v) is 13.6. The second-order valence-electron chi connectivity index (χ2n) is 10.4. The highest BCUT2D eigenvalue weighted by molar-refractivity contribution is 5.99. The molecule has 0 aliphatic carbocycles. The number of amides is 4. The summed E-state index contributed by atoms with van der Waals surface area (Å²) in [4.78, 5) is 58.5. The lowest BCUT2D eigenvalue weighted by Crippen LogP contribution is -2.52. The van der Waals surface area contributed by atoms with E-state index in [9.17, 15) is 19.2 Å². The lowest BCUT2D eigenvalue weighted by molar-refractivity contribution is -0.139. The molecule has 2 aromatic rings. The van der Waals surface area contributed by atoms with Gasteiger partial charge in [0.05, 0.1) is 11.6 Å². The van der Waals surface area contributed by atoms with Crippen LogP contribution in [-0.4, -0.2) is 71.3 Å². The third-order valence-electron chi connectivity index (χ3n) is 7.29. The number of carbonyl (C=O) groups excluding carboxylic acids is 4. The molecule has 10 nitrogen and oxygen atoms in total. The molecule has 10 heteroatoms. The van der Waals surface area contributed by atoms with Crippen LogP contribution >= 0.6 is 0 Å². The van der Waals surface area contributed by atoms with Crippen LogP contribution in [-0.2, 0) is 20.8 Å². The van der Waals surface area contributed by atoms with E-state index in [1.54, 1.807) is 41.6 Å². The van der Waals surface area contributed by atoms with Crippen LogP contribution in [0, 0.1) is 5.92 Å². The maximum absolute atomic E-state index is 13.3. The van der Waals surface area contributed by atoms with E-state index in [2.05, 4.69) is 20.9 Å². The molecule has 208 valence electrons. The maximum atomic E-state index is 13.3. The highest BCUT2D eigenvalue weighted by atomic mass is 16.5. The highest BCUT2D eigenvalue weighted by Crippen LogP contribution is 2.22. The van der Waals surface area contributed by atoms with Gasteiger partial charge in [-0.1, -0.05) is 26.0 Å². The minimum Gasteiger partial charge on any atom is -0.491 e. The van der Waals surface area contributed by atoms with Crippen LogP contribution in [0.4, 0.5) is 0 Å². The number of hydrogen-bond acceptors (Lipinski definition) is 6. The van der Waals surface area contributed by atoms with Gasteiger partial charge in [0.2, 0.25) is 17.7 Å². The molecule has 0 unspecified atom stereocenters. The molecule has 39 heavy (non-hydrogen) atoms. The first-order valence-electron chi connectivity index (χ1n) is 13.6.